The average Bonchev–Trinajstić information content (AvgIpc) is 2.60. The van der Waals surface area contributed by atoms with E-state index in [0.717, 1.165) is 43.1 Å². The molecule has 0 radical (unpaired) electrons. The van der Waals surface area contributed by atoms with Crippen LogP contribution in [0.25, 0.3) is 0 Å². The third kappa shape index (κ3) is 6.20. The van der Waals surface area contributed by atoms with Crippen molar-refractivity contribution in [3.63, 3.8) is 0 Å². The zero-order valence-electron chi connectivity index (χ0n) is 15.3. The fraction of sp³-hybridized carbons (Fsp3) is 0.632. The molecule has 1 aromatic rings. The molecule has 1 N–H and O–H groups in total. The molecule has 0 spiro atoms. The van der Waals surface area contributed by atoms with Crippen LogP contribution in [-0.4, -0.2) is 38.2 Å². The van der Waals surface area contributed by atoms with E-state index in [1.807, 2.05) is 7.05 Å². The molecule has 2 rings (SSSR count). The highest BCUT2D eigenvalue weighted by molar-refractivity contribution is 5.70. The molecule has 1 aliphatic rings. The number of carbonyl (C=O) groups is 1. The van der Waals surface area contributed by atoms with E-state index in [1.54, 1.807) is 7.05 Å². The Kier molecular flexibility index (Phi) is 7.32. The van der Waals surface area contributed by atoms with Crippen LogP contribution in [0.5, 0.6) is 5.75 Å². The maximum atomic E-state index is 12.5. The molecule has 0 saturated heterocycles. The van der Waals surface area contributed by atoms with Gasteiger partial charge in [0.15, 0.2) is 0 Å². The Hall–Kier alpha value is -1.76. The Morgan fingerprint density at radius 3 is 2.27 bits per heavy atom. The fourth-order valence-corrected chi connectivity index (χ4v) is 3.37. The Bertz CT molecular complexity index is 567. The summed E-state index contributed by atoms with van der Waals surface area (Å²) in [6, 6.07) is 4.15. The molecule has 4 nitrogen and oxygen atoms in total. The molecule has 0 unspecified atom stereocenters. The minimum absolute atomic E-state index is 0.113. The summed E-state index contributed by atoms with van der Waals surface area (Å²) >= 11 is 0. The number of amides is 1. The molecule has 26 heavy (non-hydrogen) atoms. The molecule has 146 valence electrons. The second kappa shape index (κ2) is 9.26. The Labute approximate surface area is 152 Å². The van der Waals surface area contributed by atoms with Crippen LogP contribution in [0, 0.1) is 11.8 Å². The van der Waals surface area contributed by atoms with Crippen LogP contribution in [0.4, 0.5) is 18.0 Å². The number of hydrogen-bond donors (Lipinski definition) is 1. The number of halogens is 3. The summed E-state index contributed by atoms with van der Waals surface area (Å²) in [5.41, 5.74) is -0.764. The van der Waals surface area contributed by atoms with Gasteiger partial charge in [0.05, 0.1) is 5.56 Å². The Morgan fingerprint density at radius 2 is 1.73 bits per heavy atom. The van der Waals surface area contributed by atoms with E-state index in [2.05, 4.69) is 5.32 Å². The van der Waals surface area contributed by atoms with Gasteiger partial charge < -0.3 is 15.0 Å². The molecule has 0 heterocycles. The first-order valence-corrected chi connectivity index (χ1v) is 9.04. The van der Waals surface area contributed by atoms with Crippen LogP contribution in [0.1, 0.15) is 37.7 Å². The van der Waals surface area contributed by atoms with Gasteiger partial charge in [0.2, 0.25) is 0 Å². The highest BCUT2D eigenvalue weighted by Gasteiger charge is 2.30. The lowest BCUT2D eigenvalue weighted by atomic mass is 9.80. The number of ether oxygens (including phenoxy) is 1. The van der Waals surface area contributed by atoms with E-state index in [1.165, 1.54) is 30.6 Å². The molecule has 1 aromatic carbocycles. The van der Waals surface area contributed by atoms with Gasteiger partial charge in [-0.3, -0.25) is 0 Å². The summed E-state index contributed by atoms with van der Waals surface area (Å²) in [6.07, 6.45) is 0.753. The van der Waals surface area contributed by atoms with Gasteiger partial charge in [-0.05, 0) is 69.0 Å². The lowest BCUT2D eigenvalue weighted by Crippen LogP contribution is -2.32. The smallest absolute Gasteiger partial charge is 0.410 e. The van der Waals surface area contributed by atoms with Gasteiger partial charge in [0.25, 0.3) is 0 Å². The average molecular weight is 372 g/mol. The van der Waals surface area contributed by atoms with Crippen LogP contribution in [0.2, 0.25) is 0 Å². The van der Waals surface area contributed by atoms with Gasteiger partial charge in [0, 0.05) is 13.6 Å². The van der Waals surface area contributed by atoms with Crippen LogP contribution in [0.15, 0.2) is 24.3 Å². The van der Waals surface area contributed by atoms with E-state index >= 15 is 0 Å². The molecule has 7 heteroatoms. The molecular formula is C19H27F3N2O2. The predicted molar refractivity (Wildman–Crippen MR) is 94.1 cm³/mol. The molecule has 0 aliphatic heterocycles. The number of rotatable bonds is 6. The van der Waals surface area contributed by atoms with Crippen LogP contribution >= 0.6 is 0 Å². The lowest BCUT2D eigenvalue weighted by Gasteiger charge is -2.29. The summed E-state index contributed by atoms with van der Waals surface area (Å²) in [6.45, 7) is 1.65. The van der Waals surface area contributed by atoms with Gasteiger partial charge in [-0.2, -0.15) is 13.2 Å². The summed E-state index contributed by atoms with van der Waals surface area (Å²) in [5, 5.41) is 3.22. The van der Waals surface area contributed by atoms with Crippen molar-refractivity contribution in [2.45, 2.75) is 38.3 Å². The quantitative estimate of drug-likeness (QED) is 0.796. The van der Waals surface area contributed by atoms with E-state index in [9.17, 15) is 18.0 Å². The standard InChI is InChI=1S/C19H27F3N2O2/c1-23-13-15-5-3-14(4-6-15)11-12-24(2)18(25)26-17-9-7-16(8-10-17)19(20,21)22/h7-10,14-15,23H,3-6,11-13H2,1-2H3. The van der Waals surface area contributed by atoms with Gasteiger partial charge >= 0.3 is 12.3 Å². The highest BCUT2D eigenvalue weighted by Crippen LogP contribution is 2.31. The van der Waals surface area contributed by atoms with Gasteiger partial charge in [-0.15, -0.1) is 0 Å². The van der Waals surface area contributed by atoms with Crippen molar-refractivity contribution in [1.29, 1.82) is 0 Å². The second-order valence-corrected chi connectivity index (χ2v) is 7.04. The summed E-state index contributed by atoms with van der Waals surface area (Å²) in [4.78, 5) is 13.6. The van der Waals surface area contributed by atoms with Crippen molar-refractivity contribution in [1.82, 2.24) is 10.2 Å². The van der Waals surface area contributed by atoms with Crippen LogP contribution in [-0.2, 0) is 6.18 Å². The third-order valence-electron chi connectivity index (χ3n) is 5.03. The zero-order valence-corrected chi connectivity index (χ0v) is 15.3. The number of nitrogens with zero attached hydrogens (tertiary/aromatic N) is 1. The summed E-state index contributed by atoms with van der Waals surface area (Å²) in [5.74, 6) is 1.48. The fourth-order valence-electron chi connectivity index (χ4n) is 3.37. The van der Waals surface area contributed by atoms with Crippen molar-refractivity contribution < 1.29 is 22.7 Å². The van der Waals surface area contributed by atoms with E-state index in [-0.39, 0.29) is 5.75 Å². The van der Waals surface area contributed by atoms with Gasteiger partial charge in [-0.1, -0.05) is 12.8 Å². The van der Waals surface area contributed by atoms with Crippen molar-refractivity contribution >= 4 is 6.09 Å². The lowest BCUT2D eigenvalue weighted by molar-refractivity contribution is -0.137. The number of hydrogen-bond acceptors (Lipinski definition) is 3. The largest absolute Gasteiger partial charge is 0.416 e. The molecule has 1 amide bonds. The first kappa shape index (κ1) is 20.6. The van der Waals surface area contributed by atoms with Crippen LogP contribution < -0.4 is 10.1 Å². The SMILES string of the molecule is CNCC1CCC(CCN(C)C(=O)Oc2ccc(C(F)(F)F)cc2)CC1. The van der Waals surface area contributed by atoms with Gasteiger partial charge in [-0.25, -0.2) is 4.79 Å². The molecule has 1 saturated carbocycles. The normalized spacial score (nSPS) is 20.7. The van der Waals surface area contributed by atoms with Crippen molar-refractivity contribution in [3.05, 3.63) is 29.8 Å². The number of alkyl halides is 3. The van der Waals surface area contributed by atoms with E-state index in [0.29, 0.717) is 12.5 Å². The maximum Gasteiger partial charge on any atom is 0.416 e. The van der Waals surface area contributed by atoms with E-state index < -0.39 is 17.8 Å². The van der Waals surface area contributed by atoms with Gasteiger partial charge in [0.1, 0.15) is 5.75 Å². The first-order chi connectivity index (χ1) is 12.3. The number of carbonyl (C=O) groups excluding carboxylic acids is 1. The topological polar surface area (TPSA) is 41.6 Å². The van der Waals surface area contributed by atoms with Crippen LogP contribution in [0.3, 0.4) is 0 Å². The third-order valence-corrected chi connectivity index (χ3v) is 5.03. The minimum atomic E-state index is -4.40. The molecule has 1 aliphatic carbocycles. The molecular weight excluding hydrogens is 345 g/mol. The van der Waals surface area contributed by atoms with Crippen molar-refractivity contribution in [3.8, 4) is 5.75 Å². The summed E-state index contributed by atoms with van der Waals surface area (Å²) < 4.78 is 42.7. The first-order valence-electron chi connectivity index (χ1n) is 9.04. The van der Waals surface area contributed by atoms with E-state index in [4.69, 9.17) is 4.74 Å². The molecule has 1 fully saturated rings. The Balaban J connectivity index is 1.74. The second-order valence-electron chi connectivity index (χ2n) is 7.04. The molecule has 0 atom stereocenters. The predicted octanol–water partition coefficient (Wildman–Crippen LogP) is 4.55. The summed E-state index contributed by atoms with van der Waals surface area (Å²) in [7, 11) is 3.63. The van der Waals surface area contributed by atoms with Crippen molar-refractivity contribution in [2.75, 3.05) is 27.2 Å². The monoisotopic (exact) mass is 372 g/mol. The van der Waals surface area contributed by atoms with Crippen molar-refractivity contribution in [2.24, 2.45) is 11.8 Å². The maximum absolute atomic E-state index is 12.5. The minimum Gasteiger partial charge on any atom is -0.410 e. The number of benzene rings is 1. The zero-order chi connectivity index (χ0) is 19.2. The number of nitrogens with one attached hydrogen (secondary N) is 1. The molecule has 0 bridgehead atoms. The Morgan fingerprint density at radius 1 is 1.15 bits per heavy atom. The highest BCUT2D eigenvalue weighted by atomic mass is 19.4. The molecule has 0 aromatic heterocycles.